The van der Waals surface area contributed by atoms with Crippen molar-refractivity contribution in [3.8, 4) is 0 Å². The van der Waals surface area contributed by atoms with E-state index >= 15 is 0 Å². The van der Waals surface area contributed by atoms with Crippen molar-refractivity contribution in [1.82, 2.24) is 0 Å². The highest BCUT2D eigenvalue weighted by Gasteiger charge is 2.58. The second-order valence-electron chi connectivity index (χ2n) is 21.9. The highest BCUT2D eigenvalue weighted by molar-refractivity contribution is 5.78. The molecular formula is C64H112O15. The van der Waals surface area contributed by atoms with Crippen LogP contribution in [0, 0.1) is 59.2 Å². The Labute approximate surface area is 478 Å². The number of hydrogen-bond donors (Lipinski definition) is 0. The minimum absolute atomic E-state index is 0.0324. The Balaban J connectivity index is 0.000000304. The van der Waals surface area contributed by atoms with Crippen LogP contribution in [0.3, 0.4) is 0 Å². The second-order valence-corrected chi connectivity index (χ2v) is 21.9. The van der Waals surface area contributed by atoms with Gasteiger partial charge in [-0.25, -0.2) is 0 Å². The number of rotatable bonds is 0. The van der Waals surface area contributed by atoms with Crippen molar-refractivity contribution in [2.75, 3.05) is 19.8 Å². The molecule has 15 heteroatoms. The number of carbonyl (C=O) groups is 7. The molecule has 0 spiro atoms. The van der Waals surface area contributed by atoms with Gasteiger partial charge in [-0.2, -0.15) is 0 Å². The summed E-state index contributed by atoms with van der Waals surface area (Å²) in [7, 11) is 0. The Hall–Kier alpha value is -3.75. The molecule has 458 valence electrons. The van der Waals surface area contributed by atoms with E-state index in [1.807, 2.05) is 69.2 Å². The molecule has 7 saturated carbocycles. The second kappa shape index (κ2) is 39.6. The van der Waals surface area contributed by atoms with E-state index in [0.29, 0.717) is 80.6 Å². The van der Waals surface area contributed by atoms with Gasteiger partial charge in [-0.05, 0) is 121 Å². The van der Waals surface area contributed by atoms with E-state index < -0.39 is 0 Å². The maximum Gasteiger partial charge on any atom is 0.312 e. The summed E-state index contributed by atoms with van der Waals surface area (Å²) in [5, 5.41) is 0. The third kappa shape index (κ3) is 21.5. The van der Waals surface area contributed by atoms with E-state index in [1.54, 1.807) is 0 Å². The zero-order valence-electron chi connectivity index (χ0n) is 52.0. The minimum Gasteiger partial charge on any atom is -0.466 e. The van der Waals surface area contributed by atoms with Crippen LogP contribution in [0.25, 0.3) is 0 Å². The molecule has 10 bridgehead atoms. The summed E-state index contributed by atoms with van der Waals surface area (Å²) in [5.41, 5.74) is 0. The molecule has 16 unspecified atom stereocenters. The van der Waals surface area contributed by atoms with Gasteiger partial charge in [0.1, 0.15) is 30.5 Å². The lowest BCUT2D eigenvalue weighted by Gasteiger charge is -2.38. The number of hydrogen-bond acceptors (Lipinski definition) is 15. The average Bonchev–Trinajstić information content (AvgIpc) is 4.49. The highest BCUT2D eigenvalue weighted by atomic mass is 16.6. The lowest BCUT2D eigenvalue weighted by atomic mass is 9.65. The Kier molecular flexibility index (Phi) is 35.8. The van der Waals surface area contributed by atoms with E-state index in [4.69, 9.17) is 28.4 Å². The Bertz CT molecular complexity index is 1700. The van der Waals surface area contributed by atoms with E-state index in [1.165, 1.54) is 57.8 Å². The van der Waals surface area contributed by atoms with Crippen LogP contribution >= 0.6 is 0 Å². The largest absolute Gasteiger partial charge is 0.466 e. The third-order valence-electron chi connectivity index (χ3n) is 16.4. The third-order valence-corrected chi connectivity index (χ3v) is 16.4. The first-order chi connectivity index (χ1) is 38.4. The van der Waals surface area contributed by atoms with Crippen LogP contribution in [0.5, 0.6) is 0 Å². The number of cyclic esters (lactones) is 3. The molecule has 7 aliphatic carbocycles. The topological polar surface area (TPSA) is 193 Å². The van der Waals surface area contributed by atoms with Gasteiger partial charge < -0.3 is 37.9 Å². The lowest BCUT2D eigenvalue weighted by molar-refractivity contribution is -0.147. The van der Waals surface area contributed by atoms with Crippen LogP contribution in [0.2, 0.25) is 0 Å². The summed E-state index contributed by atoms with van der Waals surface area (Å²) in [4.78, 5) is 75.4. The molecule has 0 aromatic heterocycles. The molecule has 0 N–H and O–H groups in total. The Morgan fingerprint density at radius 3 is 1.35 bits per heavy atom. The van der Waals surface area contributed by atoms with Gasteiger partial charge in [0.05, 0.1) is 55.5 Å². The van der Waals surface area contributed by atoms with E-state index in [2.05, 4.69) is 37.2 Å². The molecule has 16 rings (SSSR count). The average molecular weight is 1120 g/mol. The maximum absolute atomic E-state index is 11.2. The number of fused-ring (bicyclic) bond motifs is 6. The first-order valence-corrected chi connectivity index (χ1v) is 32.3. The van der Waals surface area contributed by atoms with Gasteiger partial charge in [-0.15, -0.1) is 0 Å². The van der Waals surface area contributed by atoms with E-state index in [9.17, 15) is 33.6 Å². The SMILES string of the molecule is CC.CC.CC.CC.CC.CCC.CCC.O=C1CCCCO1.O=C1CCCO1.O=C1OC2CC3CC1C2C3.O=C1OC2CC3CC1C2O3.O=C1OC2CC3CCC2C1C3.O=C1OC2CCCC1C2.O=C1OCC2CCCCC12. The summed E-state index contributed by atoms with van der Waals surface area (Å²) in [6.07, 6.45) is 27.6. The normalized spacial score (nSPS) is 35.4. The summed E-state index contributed by atoms with van der Waals surface area (Å²) in [6.45, 7) is 30.5. The molecule has 0 amide bonds. The van der Waals surface area contributed by atoms with Crippen LogP contribution in [0.1, 0.15) is 251 Å². The maximum atomic E-state index is 11.2. The smallest absolute Gasteiger partial charge is 0.312 e. The molecule has 16 fully saturated rings. The molecule has 79 heavy (non-hydrogen) atoms. The first kappa shape index (κ1) is 71.4. The zero-order chi connectivity index (χ0) is 59.0. The van der Waals surface area contributed by atoms with Crippen LogP contribution in [0.15, 0.2) is 0 Å². The van der Waals surface area contributed by atoms with Gasteiger partial charge >= 0.3 is 41.8 Å². The van der Waals surface area contributed by atoms with Crippen LogP contribution in [-0.2, 0) is 71.5 Å². The molecule has 0 aromatic rings. The molecule has 16 atom stereocenters. The molecule has 9 heterocycles. The summed E-state index contributed by atoms with van der Waals surface area (Å²) < 4.78 is 40.2. The zero-order valence-corrected chi connectivity index (χ0v) is 52.0. The van der Waals surface area contributed by atoms with E-state index in [0.717, 1.165) is 95.3 Å². The molecular weight excluding hydrogens is 1010 g/mol. The fraction of sp³-hybridized carbons (Fsp3) is 0.891. The van der Waals surface area contributed by atoms with Gasteiger partial charge in [0.2, 0.25) is 0 Å². The number of ether oxygens (including phenoxy) is 8. The predicted octanol–water partition coefficient (Wildman–Crippen LogP) is 13.8. The fourth-order valence-electron chi connectivity index (χ4n) is 13.1. The number of carbonyl (C=O) groups excluding carboxylic acids is 7. The standard InChI is InChI=1S/C9H12O2.C8H10O2.C8H12O2.C7H8O3.C7H10O2.C5H8O2.C4H6O2.2C3H8.5C2H6/c10-9-7-3-5-1-2-6(7)8(4-5)11-9;9-8-6-2-4-1-5(6)7(3-4)10-8;9-8-7-4-2-1-3-6(7)5-10-8;8-7-4-1-3-2-5(10-7)6(4)9-3;8-7-5-2-1-3-6(4-5)9-7;6-5-3-1-2-4-7-5;5-4-2-1-3-6-4;2*1-3-2;5*1-2/h5-8H,1-4H2;4-7H,1-3H2;6-7H,1-5H2;3-6H,1-2H2;5-6H,1-4H2;1-4H2;1-3H2;2*3H2,1-2H3;5*1-2H3. The monoisotopic (exact) mass is 1120 g/mol. The summed E-state index contributed by atoms with van der Waals surface area (Å²) in [6, 6.07) is 0. The fourth-order valence-corrected chi connectivity index (χ4v) is 13.1. The molecule has 0 aromatic carbocycles. The van der Waals surface area contributed by atoms with Gasteiger partial charge in [-0.1, -0.05) is 123 Å². The highest BCUT2D eigenvalue weighted by Crippen LogP contribution is 2.54. The van der Waals surface area contributed by atoms with E-state index in [-0.39, 0.29) is 77.9 Å². The Morgan fingerprint density at radius 1 is 0.380 bits per heavy atom. The number of esters is 7. The van der Waals surface area contributed by atoms with Crippen molar-refractivity contribution >= 4 is 41.8 Å². The molecule has 9 saturated heterocycles. The van der Waals surface area contributed by atoms with Gasteiger partial charge in [0.15, 0.2) is 0 Å². The van der Waals surface area contributed by atoms with Crippen molar-refractivity contribution in [3.05, 3.63) is 0 Å². The van der Waals surface area contributed by atoms with Gasteiger partial charge in [-0.3, -0.25) is 33.6 Å². The van der Waals surface area contributed by atoms with Gasteiger partial charge in [0, 0.05) is 37.0 Å². The van der Waals surface area contributed by atoms with Crippen molar-refractivity contribution in [3.63, 3.8) is 0 Å². The summed E-state index contributed by atoms with van der Waals surface area (Å²) >= 11 is 0. The summed E-state index contributed by atoms with van der Waals surface area (Å²) in [5.74, 6) is 4.85. The van der Waals surface area contributed by atoms with Crippen LogP contribution in [0.4, 0.5) is 0 Å². The van der Waals surface area contributed by atoms with Crippen molar-refractivity contribution in [2.45, 2.75) is 288 Å². The first-order valence-electron chi connectivity index (χ1n) is 32.3. The quantitative estimate of drug-likeness (QED) is 0.164. The van der Waals surface area contributed by atoms with Crippen molar-refractivity contribution < 1.29 is 71.5 Å². The molecule has 15 nitrogen and oxygen atoms in total. The van der Waals surface area contributed by atoms with Gasteiger partial charge in [0.25, 0.3) is 0 Å². The molecule has 9 aliphatic heterocycles. The lowest BCUT2D eigenvalue weighted by Crippen LogP contribution is -2.36. The predicted molar refractivity (Wildman–Crippen MR) is 306 cm³/mol. The van der Waals surface area contributed by atoms with Crippen molar-refractivity contribution in [2.24, 2.45) is 59.2 Å². The van der Waals surface area contributed by atoms with Crippen molar-refractivity contribution in [1.29, 1.82) is 0 Å². The molecule has 0 radical (unpaired) electrons. The Morgan fingerprint density at radius 2 is 0.924 bits per heavy atom. The minimum atomic E-state index is -0.0463. The van der Waals surface area contributed by atoms with Crippen LogP contribution < -0.4 is 0 Å². The molecule has 16 aliphatic rings. The van der Waals surface area contributed by atoms with Crippen LogP contribution in [-0.4, -0.2) is 98.2 Å².